The van der Waals surface area contributed by atoms with Crippen LogP contribution >= 0.6 is 0 Å². The molecule has 0 bridgehead atoms. The molecule has 0 spiro atoms. The minimum atomic E-state index is 0.227. The summed E-state index contributed by atoms with van der Waals surface area (Å²) in [4.78, 5) is 19.0. The predicted octanol–water partition coefficient (Wildman–Crippen LogP) is -0.00450. The molecule has 4 nitrogen and oxygen atoms in total. The molecule has 3 atom stereocenters. The molecule has 0 aliphatic carbocycles. The molecule has 1 amide bonds. The van der Waals surface area contributed by atoms with Crippen LogP contribution in [0.25, 0.3) is 0 Å². The second-order valence-corrected chi connectivity index (χ2v) is 6.27. The topological polar surface area (TPSA) is 26.6 Å². The van der Waals surface area contributed by atoms with Crippen LogP contribution < -0.4 is 0 Å². The molecule has 0 N–H and O–H groups in total. The lowest BCUT2D eigenvalue weighted by molar-refractivity contribution is -0.141. The number of fused-ring (bicyclic) bond motifs is 2. The molecule has 4 heteroatoms. The molecule has 90 valence electrons. The third-order valence-electron chi connectivity index (χ3n) is 4.16. The Labute approximate surface area is 97.2 Å². The predicted molar refractivity (Wildman–Crippen MR) is 62.2 cm³/mol. The SMILES string of the molecule is CC(C)(C)N1CCN2C(=O)C3CN3CC2C1. The number of rotatable bonds is 0. The van der Waals surface area contributed by atoms with Gasteiger partial charge in [0, 0.05) is 38.3 Å². The molecule has 0 saturated carbocycles. The van der Waals surface area contributed by atoms with Gasteiger partial charge in [-0.2, -0.15) is 0 Å². The van der Waals surface area contributed by atoms with Gasteiger partial charge in [0.1, 0.15) is 6.04 Å². The summed E-state index contributed by atoms with van der Waals surface area (Å²) >= 11 is 0. The average molecular weight is 223 g/mol. The standard InChI is InChI=1S/C12H21N3O/c1-12(2,3)14-4-5-15-9(7-14)6-13-8-10(13)11(15)16/h9-10H,4-8H2,1-3H3. The van der Waals surface area contributed by atoms with Crippen LogP contribution in [0.5, 0.6) is 0 Å². The minimum Gasteiger partial charge on any atom is -0.334 e. The summed E-state index contributed by atoms with van der Waals surface area (Å²) in [6.07, 6.45) is 0. The van der Waals surface area contributed by atoms with Gasteiger partial charge >= 0.3 is 0 Å². The van der Waals surface area contributed by atoms with Gasteiger partial charge in [-0.1, -0.05) is 0 Å². The van der Waals surface area contributed by atoms with Crippen LogP contribution in [0.15, 0.2) is 0 Å². The van der Waals surface area contributed by atoms with Gasteiger partial charge in [-0.3, -0.25) is 14.6 Å². The summed E-state index contributed by atoms with van der Waals surface area (Å²) in [6.45, 7) is 11.8. The first-order valence-electron chi connectivity index (χ1n) is 6.26. The smallest absolute Gasteiger partial charge is 0.241 e. The number of piperazine rings is 2. The van der Waals surface area contributed by atoms with E-state index in [1.165, 1.54) is 0 Å². The van der Waals surface area contributed by atoms with Crippen LogP contribution in [0.1, 0.15) is 20.8 Å². The van der Waals surface area contributed by atoms with Gasteiger partial charge in [0.25, 0.3) is 0 Å². The van der Waals surface area contributed by atoms with E-state index in [2.05, 4.69) is 35.5 Å². The van der Waals surface area contributed by atoms with Gasteiger partial charge in [-0.05, 0) is 20.8 Å². The molecule has 3 heterocycles. The van der Waals surface area contributed by atoms with Crippen LogP contribution in [0.2, 0.25) is 0 Å². The van der Waals surface area contributed by atoms with E-state index in [0.717, 1.165) is 32.7 Å². The molecule has 3 aliphatic rings. The number of nitrogens with zero attached hydrogens (tertiary/aromatic N) is 3. The van der Waals surface area contributed by atoms with E-state index >= 15 is 0 Å². The van der Waals surface area contributed by atoms with Gasteiger partial charge in [0.15, 0.2) is 0 Å². The molecule has 3 rings (SSSR count). The van der Waals surface area contributed by atoms with Crippen molar-refractivity contribution in [2.45, 2.75) is 38.4 Å². The van der Waals surface area contributed by atoms with Crippen molar-refractivity contribution in [3.05, 3.63) is 0 Å². The van der Waals surface area contributed by atoms with E-state index in [1.807, 2.05) is 0 Å². The van der Waals surface area contributed by atoms with Crippen LogP contribution in [-0.2, 0) is 4.79 Å². The second kappa shape index (κ2) is 3.20. The molecule has 3 unspecified atom stereocenters. The molecule has 16 heavy (non-hydrogen) atoms. The van der Waals surface area contributed by atoms with E-state index in [0.29, 0.717) is 11.9 Å². The lowest BCUT2D eigenvalue weighted by Crippen LogP contribution is -2.64. The van der Waals surface area contributed by atoms with Crippen LogP contribution in [-0.4, -0.2) is 71.0 Å². The van der Waals surface area contributed by atoms with Crippen molar-refractivity contribution in [1.29, 1.82) is 0 Å². The summed E-state index contributed by atoms with van der Waals surface area (Å²) in [5.74, 6) is 0.379. The number of hydrogen-bond donors (Lipinski definition) is 0. The Morgan fingerprint density at radius 3 is 2.56 bits per heavy atom. The molecule has 0 radical (unpaired) electrons. The minimum absolute atomic E-state index is 0.227. The number of carbonyl (C=O) groups excluding carboxylic acids is 1. The van der Waals surface area contributed by atoms with E-state index in [1.54, 1.807) is 0 Å². The van der Waals surface area contributed by atoms with Crippen LogP contribution in [0, 0.1) is 0 Å². The van der Waals surface area contributed by atoms with Gasteiger partial charge < -0.3 is 4.90 Å². The third kappa shape index (κ3) is 1.55. The maximum atomic E-state index is 12.0. The number of carbonyl (C=O) groups is 1. The number of amides is 1. The Kier molecular flexibility index (Phi) is 2.11. The first-order valence-corrected chi connectivity index (χ1v) is 6.26. The molecule has 0 aromatic rings. The highest BCUT2D eigenvalue weighted by Crippen LogP contribution is 2.30. The lowest BCUT2D eigenvalue weighted by atomic mass is 10.0. The maximum absolute atomic E-state index is 12.0. The van der Waals surface area contributed by atoms with Crippen molar-refractivity contribution < 1.29 is 4.79 Å². The highest BCUT2D eigenvalue weighted by atomic mass is 16.2. The normalized spacial score (nSPS) is 39.3. The van der Waals surface area contributed by atoms with Crippen LogP contribution in [0.3, 0.4) is 0 Å². The van der Waals surface area contributed by atoms with Crippen LogP contribution in [0.4, 0.5) is 0 Å². The fraction of sp³-hybridized carbons (Fsp3) is 0.917. The molecular weight excluding hydrogens is 202 g/mol. The molecule has 3 fully saturated rings. The molecule has 3 aliphatic heterocycles. The average Bonchev–Trinajstić information content (AvgIpc) is 2.95. The Morgan fingerprint density at radius 1 is 1.12 bits per heavy atom. The van der Waals surface area contributed by atoms with Gasteiger partial charge in [-0.25, -0.2) is 0 Å². The van der Waals surface area contributed by atoms with Crippen molar-refractivity contribution >= 4 is 5.91 Å². The number of hydrogen-bond acceptors (Lipinski definition) is 3. The Hall–Kier alpha value is -0.610. The fourth-order valence-electron chi connectivity index (χ4n) is 2.98. The van der Waals surface area contributed by atoms with E-state index in [9.17, 15) is 4.79 Å². The van der Waals surface area contributed by atoms with E-state index in [4.69, 9.17) is 0 Å². The van der Waals surface area contributed by atoms with Crippen molar-refractivity contribution in [2.24, 2.45) is 0 Å². The molecular formula is C12H21N3O. The van der Waals surface area contributed by atoms with Gasteiger partial charge in [0.05, 0.1) is 6.04 Å². The summed E-state index contributed by atoms with van der Waals surface area (Å²) in [5, 5.41) is 0. The van der Waals surface area contributed by atoms with Crippen molar-refractivity contribution in [1.82, 2.24) is 14.7 Å². The molecule has 0 aromatic carbocycles. The van der Waals surface area contributed by atoms with E-state index < -0.39 is 0 Å². The monoisotopic (exact) mass is 223 g/mol. The van der Waals surface area contributed by atoms with Crippen molar-refractivity contribution in [3.63, 3.8) is 0 Å². The zero-order valence-electron chi connectivity index (χ0n) is 10.4. The first-order chi connectivity index (χ1) is 7.47. The van der Waals surface area contributed by atoms with E-state index in [-0.39, 0.29) is 11.6 Å². The summed E-state index contributed by atoms with van der Waals surface area (Å²) < 4.78 is 0. The molecule has 0 aromatic heterocycles. The second-order valence-electron chi connectivity index (χ2n) is 6.27. The van der Waals surface area contributed by atoms with Crippen molar-refractivity contribution in [3.8, 4) is 0 Å². The Balaban J connectivity index is 1.73. The Bertz CT molecular complexity index is 323. The van der Waals surface area contributed by atoms with Gasteiger partial charge in [0.2, 0.25) is 5.91 Å². The highest BCUT2D eigenvalue weighted by Gasteiger charge is 2.51. The van der Waals surface area contributed by atoms with Crippen molar-refractivity contribution in [2.75, 3.05) is 32.7 Å². The fourth-order valence-corrected chi connectivity index (χ4v) is 2.98. The zero-order valence-corrected chi connectivity index (χ0v) is 10.4. The quantitative estimate of drug-likeness (QED) is 0.541. The Morgan fingerprint density at radius 2 is 1.88 bits per heavy atom. The summed E-state index contributed by atoms with van der Waals surface area (Å²) in [5.41, 5.74) is 0.227. The first kappa shape index (κ1) is 10.5. The largest absolute Gasteiger partial charge is 0.334 e. The molecule has 3 saturated heterocycles. The third-order valence-corrected chi connectivity index (χ3v) is 4.16. The zero-order chi connectivity index (χ0) is 11.5. The maximum Gasteiger partial charge on any atom is 0.241 e. The highest BCUT2D eigenvalue weighted by molar-refractivity contribution is 5.86. The lowest BCUT2D eigenvalue weighted by Gasteiger charge is -2.48. The van der Waals surface area contributed by atoms with Gasteiger partial charge in [-0.15, -0.1) is 0 Å². The summed E-state index contributed by atoms with van der Waals surface area (Å²) in [6, 6.07) is 0.677. The summed E-state index contributed by atoms with van der Waals surface area (Å²) in [7, 11) is 0.